The minimum atomic E-state index is -0.649. The fraction of sp³-hybridized carbons (Fsp3) is 0.176. The van der Waals surface area contributed by atoms with Crippen molar-refractivity contribution >= 4 is 17.7 Å². The fourth-order valence-corrected chi connectivity index (χ4v) is 2.89. The van der Waals surface area contributed by atoms with E-state index in [1.165, 1.54) is 0 Å². The van der Waals surface area contributed by atoms with E-state index in [1.54, 1.807) is 17.0 Å². The predicted octanol–water partition coefficient (Wildman–Crippen LogP) is -0.0452. The number of aryl methyl sites for hydroxylation is 1. The zero-order chi connectivity index (χ0) is 16.4. The van der Waals surface area contributed by atoms with E-state index < -0.39 is 17.9 Å². The van der Waals surface area contributed by atoms with Crippen molar-refractivity contribution in [3.05, 3.63) is 66.3 Å². The highest BCUT2D eigenvalue weighted by atomic mass is 16.2. The lowest BCUT2D eigenvalue weighted by Gasteiger charge is -2.26. The maximum Gasteiger partial charge on any atom is 0.296 e. The van der Waals surface area contributed by atoms with Crippen LogP contribution in [0.4, 0.5) is 0 Å². The summed E-state index contributed by atoms with van der Waals surface area (Å²) in [7, 11) is 1.87. The number of amides is 2. The smallest absolute Gasteiger partial charge is 0.286 e. The van der Waals surface area contributed by atoms with Gasteiger partial charge in [-0.15, -0.1) is 0 Å². The average Bonchev–Trinajstić information content (AvgIpc) is 2.55. The van der Waals surface area contributed by atoms with Crippen LogP contribution in [0, 0.1) is 5.41 Å². The molecule has 0 radical (unpaired) electrons. The molecule has 2 amide bonds. The molecule has 23 heavy (non-hydrogen) atoms. The van der Waals surface area contributed by atoms with Crippen molar-refractivity contribution in [2.75, 3.05) is 0 Å². The van der Waals surface area contributed by atoms with Crippen LogP contribution in [-0.2, 0) is 16.6 Å². The SMILES string of the molecule is C[n+]1cccc([C@@H]2C(=C=N)C(=O)NC(=O)[C@H]2[n+]2ccccc2)c1. The fourth-order valence-electron chi connectivity index (χ4n) is 2.89. The summed E-state index contributed by atoms with van der Waals surface area (Å²) in [6.07, 6.45) is 7.27. The highest BCUT2D eigenvalue weighted by Crippen LogP contribution is 2.33. The third-order valence-electron chi connectivity index (χ3n) is 3.89. The summed E-state index contributed by atoms with van der Waals surface area (Å²) >= 11 is 0. The van der Waals surface area contributed by atoms with Gasteiger partial charge in [0.2, 0.25) is 6.04 Å². The van der Waals surface area contributed by atoms with Gasteiger partial charge in [0.1, 0.15) is 13.0 Å². The second kappa shape index (κ2) is 5.94. The first kappa shape index (κ1) is 14.8. The van der Waals surface area contributed by atoms with Gasteiger partial charge in [0.05, 0.1) is 5.57 Å². The molecule has 1 fully saturated rings. The van der Waals surface area contributed by atoms with Crippen molar-refractivity contribution in [2.45, 2.75) is 12.0 Å². The quantitative estimate of drug-likeness (QED) is 0.353. The Labute approximate surface area is 133 Å². The van der Waals surface area contributed by atoms with E-state index in [4.69, 9.17) is 5.41 Å². The van der Waals surface area contributed by atoms with E-state index in [0.29, 0.717) is 0 Å². The highest BCUT2D eigenvalue weighted by molar-refractivity contribution is 6.13. The van der Waals surface area contributed by atoms with E-state index >= 15 is 0 Å². The summed E-state index contributed by atoms with van der Waals surface area (Å²) in [5.74, 6) is 0.712. The lowest BCUT2D eigenvalue weighted by Crippen LogP contribution is -2.57. The average molecular weight is 308 g/mol. The van der Waals surface area contributed by atoms with Gasteiger partial charge in [0.15, 0.2) is 24.8 Å². The van der Waals surface area contributed by atoms with Crippen LogP contribution >= 0.6 is 0 Å². The number of carbonyl (C=O) groups is 2. The second-order valence-corrected chi connectivity index (χ2v) is 5.41. The molecule has 3 heterocycles. The number of rotatable bonds is 2. The molecule has 6 nitrogen and oxygen atoms in total. The minimum Gasteiger partial charge on any atom is -0.286 e. The minimum absolute atomic E-state index is 0.150. The number of nitrogens with zero attached hydrogens (tertiary/aromatic N) is 2. The summed E-state index contributed by atoms with van der Waals surface area (Å²) in [5.41, 5.74) is 0.937. The summed E-state index contributed by atoms with van der Waals surface area (Å²) in [6, 6.07) is 8.54. The van der Waals surface area contributed by atoms with Gasteiger partial charge >= 0.3 is 0 Å². The van der Waals surface area contributed by atoms with E-state index in [0.717, 1.165) is 5.56 Å². The van der Waals surface area contributed by atoms with Crippen molar-refractivity contribution in [1.82, 2.24) is 5.32 Å². The number of carbonyl (C=O) groups excluding carboxylic acids is 2. The van der Waals surface area contributed by atoms with E-state index in [9.17, 15) is 9.59 Å². The molecule has 0 aromatic carbocycles. The summed E-state index contributed by atoms with van der Waals surface area (Å²) < 4.78 is 3.59. The van der Waals surface area contributed by atoms with Gasteiger partial charge in [-0.1, -0.05) is 6.07 Å². The molecule has 0 unspecified atom stereocenters. The van der Waals surface area contributed by atoms with E-state index in [1.807, 2.05) is 54.3 Å². The topological polar surface area (TPSA) is 77.8 Å². The van der Waals surface area contributed by atoms with Crippen molar-refractivity contribution in [3.63, 3.8) is 0 Å². The van der Waals surface area contributed by atoms with Crippen molar-refractivity contribution in [1.29, 1.82) is 5.41 Å². The number of pyridine rings is 2. The molecular weight excluding hydrogens is 292 g/mol. The number of aromatic nitrogens is 2. The molecule has 3 rings (SSSR count). The molecule has 2 atom stereocenters. The maximum absolute atomic E-state index is 12.5. The molecule has 1 saturated heterocycles. The maximum atomic E-state index is 12.5. The standard InChI is InChI=1S/C17H15N4O2/c1-20-7-5-6-12(11-20)14-13(10-18)16(22)19-17(23)15(14)21-8-3-2-4-9-21/h2-9,11,14-15,18H,1H3/q+1/p+1/t14-,15+/m1/s1. The molecule has 1 aliphatic rings. The first-order chi connectivity index (χ1) is 11.1. The van der Waals surface area contributed by atoms with Crippen LogP contribution in [-0.4, -0.2) is 17.7 Å². The molecule has 0 bridgehead atoms. The molecule has 2 N–H and O–H groups in total. The third kappa shape index (κ3) is 2.67. The Bertz CT molecular complexity index is 825. The van der Waals surface area contributed by atoms with Gasteiger partial charge in [-0.3, -0.25) is 20.3 Å². The number of hydrogen-bond acceptors (Lipinski definition) is 3. The molecule has 1 aliphatic heterocycles. The van der Waals surface area contributed by atoms with Gasteiger partial charge in [-0.25, -0.2) is 4.57 Å². The largest absolute Gasteiger partial charge is 0.296 e. The van der Waals surface area contributed by atoms with Crippen molar-refractivity contribution < 1.29 is 18.7 Å². The Hall–Kier alpha value is -3.11. The molecule has 2 aromatic heterocycles. The van der Waals surface area contributed by atoms with Crippen LogP contribution in [0.3, 0.4) is 0 Å². The first-order valence-electron chi connectivity index (χ1n) is 7.17. The highest BCUT2D eigenvalue weighted by Gasteiger charge is 2.47. The van der Waals surface area contributed by atoms with Crippen molar-refractivity contribution in [3.8, 4) is 0 Å². The first-order valence-corrected chi connectivity index (χ1v) is 7.17. The summed E-state index contributed by atoms with van der Waals surface area (Å²) in [6.45, 7) is 0. The number of piperidine rings is 1. The molecule has 2 aromatic rings. The molecule has 0 aliphatic carbocycles. The van der Waals surface area contributed by atoms with Crippen molar-refractivity contribution in [2.24, 2.45) is 7.05 Å². The second-order valence-electron chi connectivity index (χ2n) is 5.41. The van der Waals surface area contributed by atoms with Crippen LogP contribution in [0.15, 0.2) is 60.7 Å². The monoisotopic (exact) mass is 308 g/mol. The Morgan fingerprint density at radius 1 is 1.13 bits per heavy atom. The van der Waals surface area contributed by atoms with Gasteiger partial charge in [-0.05, 0) is 11.9 Å². The van der Waals surface area contributed by atoms with E-state index in [-0.39, 0.29) is 11.5 Å². The summed E-state index contributed by atoms with van der Waals surface area (Å²) in [4.78, 5) is 24.6. The number of imide groups is 1. The normalized spacial score (nSPS) is 20.8. The van der Waals surface area contributed by atoms with E-state index in [2.05, 4.69) is 11.2 Å². The Morgan fingerprint density at radius 2 is 1.87 bits per heavy atom. The van der Waals surface area contributed by atoms with Gasteiger partial charge < -0.3 is 0 Å². The third-order valence-corrected chi connectivity index (χ3v) is 3.89. The van der Waals surface area contributed by atoms with Gasteiger partial charge in [0, 0.05) is 23.8 Å². The Balaban J connectivity index is 2.20. The molecular formula is C17H16N4O2+2. The summed E-state index contributed by atoms with van der Waals surface area (Å²) in [5, 5.41) is 9.82. The van der Waals surface area contributed by atoms with Crippen LogP contribution < -0.4 is 14.5 Å². The van der Waals surface area contributed by atoms with Crippen LogP contribution in [0.25, 0.3) is 0 Å². The molecule has 114 valence electrons. The predicted molar refractivity (Wildman–Crippen MR) is 80.4 cm³/mol. The Morgan fingerprint density at radius 3 is 2.52 bits per heavy atom. The zero-order valence-electron chi connectivity index (χ0n) is 12.6. The lowest BCUT2D eigenvalue weighted by molar-refractivity contribution is -0.712. The van der Waals surface area contributed by atoms with Gasteiger partial charge in [-0.2, -0.15) is 4.57 Å². The van der Waals surface area contributed by atoms with Crippen LogP contribution in [0.5, 0.6) is 0 Å². The number of hydrogen-bond donors (Lipinski definition) is 2. The van der Waals surface area contributed by atoms with Crippen LogP contribution in [0.2, 0.25) is 0 Å². The molecule has 0 spiro atoms. The van der Waals surface area contributed by atoms with Gasteiger partial charge in [0.25, 0.3) is 11.8 Å². The van der Waals surface area contributed by atoms with Crippen LogP contribution in [0.1, 0.15) is 17.5 Å². The zero-order valence-corrected chi connectivity index (χ0v) is 12.6. The lowest BCUT2D eigenvalue weighted by atomic mass is 9.82. The number of nitrogens with one attached hydrogen (secondary N) is 2. The molecule has 0 saturated carbocycles. The molecule has 6 heteroatoms. The Kier molecular flexibility index (Phi) is 3.83.